The fraction of sp³-hybridized carbons (Fsp3) is 0.565. The molecule has 7 heteroatoms. The number of allylic oxidation sites excluding steroid dienone is 1. The molecule has 0 spiro atoms. The van der Waals surface area contributed by atoms with E-state index in [-0.39, 0.29) is 17.5 Å². The van der Waals surface area contributed by atoms with Crippen LogP contribution in [0, 0.1) is 5.92 Å². The Morgan fingerprint density at radius 1 is 1.17 bits per heavy atom. The van der Waals surface area contributed by atoms with Crippen molar-refractivity contribution in [2.45, 2.75) is 69.8 Å². The smallest absolute Gasteiger partial charge is 0.376 e. The molecule has 0 aromatic heterocycles. The molecule has 1 amide bonds. The van der Waals surface area contributed by atoms with Crippen LogP contribution in [0.4, 0.5) is 13.2 Å². The summed E-state index contributed by atoms with van der Waals surface area (Å²) in [5.41, 5.74) is -2.89. The van der Waals surface area contributed by atoms with Gasteiger partial charge in [-0.3, -0.25) is 9.79 Å². The van der Waals surface area contributed by atoms with Crippen LogP contribution in [0.3, 0.4) is 0 Å². The Balaban J connectivity index is 1.65. The van der Waals surface area contributed by atoms with Crippen LogP contribution >= 0.6 is 0 Å². The molecule has 0 bridgehead atoms. The Morgan fingerprint density at radius 2 is 1.80 bits per heavy atom. The number of hydrogen-bond donors (Lipinski definition) is 1. The lowest BCUT2D eigenvalue weighted by atomic mass is 9.79. The summed E-state index contributed by atoms with van der Waals surface area (Å²) in [6.07, 6.45) is 5.99. The highest BCUT2D eigenvalue weighted by atomic mass is 19.4. The van der Waals surface area contributed by atoms with E-state index in [9.17, 15) is 23.1 Å². The minimum atomic E-state index is -4.79. The van der Waals surface area contributed by atoms with Crippen molar-refractivity contribution in [3.8, 4) is 0 Å². The highest BCUT2D eigenvalue weighted by Crippen LogP contribution is 2.38. The largest absolute Gasteiger partial charge is 0.421 e. The number of nitrogens with zero attached hydrogens (tertiary/aromatic N) is 2. The lowest BCUT2D eigenvalue weighted by Gasteiger charge is -2.38. The van der Waals surface area contributed by atoms with Gasteiger partial charge in [0, 0.05) is 24.4 Å². The lowest BCUT2D eigenvalue weighted by Crippen LogP contribution is -2.43. The van der Waals surface area contributed by atoms with Crippen molar-refractivity contribution >= 4 is 12.1 Å². The van der Waals surface area contributed by atoms with Gasteiger partial charge in [-0.05, 0) is 75.6 Å². The van der Waals surface area contributed by atoms with Gasteiger partial charge < -0.3 is 10.0 Å². The van der Waals surface area contributed by atoms with Crippen LogP contribution in [-0.2, 0) is 5.60 Å². The third-order valence-corrected chi connectivity index (χ3v) is 6.45. The Kier molecular flexibility index (Phi) is 6.70. The van der Waals surface area contributed by atoms with Crippen LogP contribution in [-0.4, -0.2) is 46.9 Å². The molecule has 1 aromatic carbocycles. The zero-order valence-corrected chi connectivity index (χ0v) is 17.4. The van der Waals surface area contributed by atoms with Crippen LogP contribution in [0.15, 0.2) is 41.4 Å². The van der Waals surface area contributed by atoms with Crippen LogP contribution in [0.25, 0.3) is 0 Å². The average Bonchev–Trinajstić information content (AvgIpc) is 2.74. The number of dihydropyridines is 1. The first-order chi connectivity index (χ1) is 14.1. The number of amides is 1. The lowest BCUT2D eigenvalue weighted by molar-refractivity contribution is -0.258. The summed E-state index contributed by atoms with van der Waals surface area (Å²) in [6, 6.07) is 5.56. The summed E-state index contributed by atoms with van der Waals surface area (Å²) in [6.45, 7) is 3.18. The maximum Gasteiger partial charge on any atom is 0.421 e. The number of benzene rings is 1. The standard InChI is InChI=1S/C23H29F3N2O2/c1-3-28(19-13-9-16(10-14-19)20-6-4-5-15-27-20)21(29)17-7-11-18(12-8-17)22(2,30)23(24,25)26/h4-5,7-8,11-12,15-16,19-20,30H,3,6,9-10,13-14H2,1-2H3/t16?,19?,20?,22-/m0/s1. The topological polar surface area (TPSA) is 52.9 Å². The molecule has 1 aliphatic carbocycles. The molecule has 1 aliphatic heterocycles. The van der Waals surface area contributed by atoms with Gasteiger partial charge in [0.25, 0.3) is 5.91 Å². The fourth-order valence-electron chi connectivity index (χ4n) is 4.45. The molecule has 0 saturated heterocycles. The summed E-state index contributed by atoms with van der Waals surface area (Å²) in [5.74, 6) is 0.345. The van der Waals surface area contributed by atoms with Gasteiger partial charge in [-0.25, -0.2) is 0 Å². The Hall–Kier alpha value is -2.15. The van der Waals surface area contributed by atoms with Crippen molar-refractivity contribution in [1.29, 1.82) is 0 Å². The van der Waals surface area contributed by atoms with Gasteiger partial charge in [0.1, 0.15) is 0 Å². The normalized spacial score (nSPS) is 26.3. The minimum Gasteiger partial charge on any atom is -0.376 e. The van der Waals surface area contributed by atoms with Gasteiger partial charge in [-0.2, -0.15) is 13.2 Å². The van der Waals surface area contributed by atoms with Gasteiger partial charge in [0.15, 0.2) is 5.60 Å². The number of rotatable bonds is 5. The van der Waals surface area contributed by atoms with Crippen LogP contribution in [0.1, 0.15) is 61.9 Å². The van der Waals surface area contributed by atoms with Gasteiger partial charge in [-0.1, -0.05) is 18.2 Å². The summed E-state index contributed by atoms with van der Waals surface area (Å²) < 4.78 is 39.1. The molecule has 2 aliphatic rings. The van der Waals surface area contributed by atoms with Gasteiger partial charge in [0.2, 0.25) is 0 Å². The molecule has 4 nitrogen and oxygen atoms in total. The van der Waals surface area contributed by atoms with Crippen molar-refractivity contribution in [3.63, 3.8) is 0 Å². The second-order valence-electron chi connectivity index (χ2n) is 8.34. The zero-order chi connectivity index (χ0) is 21.9. The summed E-state index contributed by atoms with van der Waals surface area (Å²) in [4.78, 5) is 19.4. The molecule has 1 unspecified atom stereocenters. The maximum absolute atomic E-state index is 13.0. The first-order valence-corrected chi connectivity index (χ1v) is 10.5. The number of carbonyl (C=O) groups is 1. The van der Waals surface area contributed by atoms with E-state index in [1.807, 2.05) is 24.1 Å². The molecule has 1 N–H and O–H groups in total. The molecule has 1 aromatic rings. The highest BCUT2D eigenvalue weighted by molar-refractivity contribution is 5.94. The molecule has 1 heterocycles. The SMILES string of the molecule is CCN(C(=O)c1ccc([C@](C)(O)C(F)(F)F)cc1)C1CCC(C2CC=CC=N2)CC1. The second-order valence-corrected chi connectivity index (χ2v) is 8.34. The molecule has 3 rings (SSSR count). The van der Waals surface area contributed by atoms with Crippen molar-refractivity contribution in [1.82, 2.24) is 4.90 Å². The third kappa shape index (κ3) is 4.61. The van der Waals surface area contributed by atoms with Crippen molar-refractivity contribution in [3.05, 3.63) is 47.5 Å². The molecule has 0 radical (unpaired) electrons. The molecule has 1 saturated carbocycles. The van der Waals surface area contributed by atoms with E-state index in [0.717, 1.165) is 32.1 Å². The fourth-order valence-corrected chi connectivity index (χ4v) is 4.45. The highest BCUT2D eigenvalue weighted by Gasteiger charge is 2.51. The Bertz CT molecular complexity index is 792. The van der Waals surface area contributed by atoms with Crippen LogP contribution < -0.4 is 0 Å². The Labute approximate surface area is 175 Å². The van der Waals surface area contributed by atoms with E-state index < -0.39 is 11.8 Å². The number of aliphatic imine (C=N–C) groups is 1. The molecule has 164 valence electrons. The number of alkyl halides is 3. The van der Waals surface area contributed by atoms with E-state index >= 15 is 0 Å². The van der Waals surface area contributed by atoms with E-state index in [1.54, 1.807) is 0 Å². The van der Waals surface area contributed by atoms with E-state index in [2.05, 4.69) is 11.1 Å². The molecule has 2 atom stereocenters. The second kappa shape index (κ2) is 8.92. The van der Waals surface area contributed by atoms with Crippen molar-refractivity contribution in [2.75, 3.05) is 6.54 Å². The molecular weight excluding hydrogens is 393 g/mol. The molecule has 30 heavy (non-hydrogen) atoms. The zero-order valence-electron chi connectivity index (χ0n) is 17.4. The minimum absolute atomic E-state index is 0.125. The van der Waals surface area contributed by atoms with Crippen LogP contribution in [0.5, 0.6) is 0 Å². The predicted octanol–water partition coefficient (Wildman–Crippen LogP) is 4.88. The molecule has 1 fully saturated rings. The van der Waals surface area contributed by atoms with Gasteiger partial charge >= 0.3 is 6.18 Å². The number of carbonyl (C=O) groups excluding carboxylic acids is 1. The predicted molar refractivity (Wildman–Crippen MR) is 111 cm³/mol. The first-order valence-electron chi connectivity index (χ1n) is 10.5. The first kappa shape index (κ1) is 22.5. The van der Waals surface area contributed by atoms with E-state index in [0.29, 0.717) is 31.0 Å². The number of hydrogen-bond acceptors (Lipinski definition) is 3. The summed E-state index contributed by atoms with van der Waals surface area (Å²) in [5, 5.41) is 9.81. The van der Waals surface area contributed by atoms with E-state index in [1.165, 1.54) is 24.3 Å². The van der Waals surface area contributed by atoms with Gasteiger partial charge in [0.05, 0.1) is 6.04 Å². The summed E-state index contributed by atoms with van der Waals surface area (Å²) in [7, 11) is 0. The summed E-state index contributed by atoms with van der Waals surface area (Å²) >= 11 is 0. The molecular formula is C23H29F3N2O2. The van der Waals surface area contributed by atoms with Crippen molar-refractivity contribution < 1.29 is 23.1 Å². The van der Waals surface area contributed by atoms with E-state index in [4.69, 9.17) is 0 Å². The number of halogens is 3. The van der Waals surface area contributed by atoms with Crippen LogP contribution in [0.2, 0.25) is 0 Å². The monoisotopic (exact) mass is 422 g/mol. The quantitative estimate of drug-likeness (QED) is 0.736. The van der Waals surface area contributed by atoms with Gasteiger partial charge in [-0.15, -0.1) is 0 Å². The number of aliphatic hydroxyl groups is 1. The van der Waals surface area contributed by atoms with Crippen molar-refractivity contribution in [2.24, 2.45) is 10.9 Å². The average molecular weight is 422 g/mol. The Morgan fingerprint density at radius 3 is 2.30 bits per heavy atom. The third-order valence-electron chi connectivity index (χ3n) is 6.45. The maximum atomic E-state index is 13.0.